The number of halogens is 2. The number of benzene rings is 2. The number of nitrogens with zero attached hydrogens (tertiary/aromatic N) is 2. The molecule has 2 aliphatic heterocycles. The van der Waals surface area contributed by atoms with Crippen molar-refractivity contribution in [3.63, 3.8) is 0 Å². The Morgan fingerprint density at radius 3 is 2.25 bits per heavy atom. The van der Waals surface area contributed by atoms with E-state index in [0.29, 0.717) is 31.7 Å². The van der Waals surface area contributed by atoms with E-state index in [9.17, 15) is 8.78 Å². The highest BCUT2D eigenvalue weighted by atomic mass is 19.1. The Labute approximate surface area is 186 Å². The average molecular weight is 443 g/mol. The van der Waals surface area contributed by atoms with E-state index in [1.54, 1.807) is 24.3 Å². The van der Waals surface area contributed by atoms with Crippen molar-refractivity contribution in [2.24, 2.45) is 5.41 Å². The first-order valence-corrected chi connectivity index (χ1v) is 10.6. The number of nitriles is 1. The molecular weight excluding hydrogens is 416 g/mol. The van der Waals surface area contributed by atoms with Crippen molar-refractivity contribution in [2.75, 3.05) is 44.9 Å². The Hall–Kier alpha value is -2.73. The van der Waals surface area contributed by atoms with Crippen LogP contribution in [0.5, 0.6) is 5.75 Å². The molecule has 2 aromatic carbocycles. The highest BCUT2D eigenvalue weighted by Gasteiger charge is 2.45. The lowest BCUT2D eigenvalue weighted by Crippen LogP contribution is -2.63. The number of rotatable bonds is 7. The molecule has 0 saturated carbocycles. The molecule has 0 atom stereocenters. The van der Waals surface area contributed by atoms with Gasteiger partial charge in [0.25, 0.3) is 0 Å². The summed E-state index contributed by atoms with van der Waals surface area (Å²) in [4.78, 5) is 1.86. The van der Waals surface area contributed by atoms with Crippen LogP contribution in [0, 0.1) is 28.4 Å². The second-order valence-electron chi connectivity index (χ2n) is 8.71. The third-order valence-corrected chi connectivity index (χ3v) is 6.26. The maximum Gasteiger partial charge on any atom is 0.167 e. The summed E-state index contributed by atoms with van der Waals surface area (Å²) in [7, 11) is 1.37. The minimum Gasteiger partial charge on any atom is -0.497 e. The number of nitrogens with one attached hydrogen (secondary N) is 1. The molecule has 170 valence electrons. The standard InChI is InChI=1S/C24H27F2N3O3/c1-23(31-15-24(16-32-23)13-28-14-24)7-8-29(18-5-3-17(11-27)4-6-18)12-20-21(25)9-19(30-2)10-22(20)26/h3-6,9-10,28H,7-8,12-16H2,1-2H3. The second-order valence-corrected chi connectivity index (χ2v) is 8.71. The Balaban J connectivity index is 1.52. The van der Waals surface area contributed by atoms with Crippen molar-refractivity contribution in [1.82, 2.24) is 5.32 Å². The van der Waals surface area contributed by atoms with Gasteiger partial charge in [0.2, 0.25) is 0 Å². The maximum atomic E-state index is 14.6. The molecule has 6 nitrogen and oxygen atoms in total. The zero-order valence-corrected chi connectivity index (χ0v) is 18.3. The largest absolute Gasteiger partial charge is 0.497 e. The van der Waals surface area contributed by atoms with Gasteiger partial charge in [-0.15, -0.1) is 0 Å². The van der Waals surface area contributed by atoms with E-state index in [0.717, 1.165) is 18.8 Å². The molecule has 4 rings (SSSR count). The fourth-order valence-electron chi connectivity index (χ4n) is 3.95. The van der Waals surface area contributed by atoms with Crippen LogP contribution in [0.1, 0.15) is 24.5 Å². The maximum absolute atomic E-state index is 14.6. The molecule has 0 aromatic heterocycles. The summed E-state index contributed by atoms with van der Waals surface area (Å²) in [6, 6.07) is 11.4. The Morgan fingerprint density at radius 1 is 1.12 bits per heavy atom. The van der Waals surface area contributed by atoms with Crippen molar-refractivity contribution in [3.05, 3.63) is 59.2 Å². The predicted octanol–water partition coefficient (Wildman–Crippen LogP) is 3.59. The lowest BCUT2D eigenvalue weighted by molar-refractivity contribution is -0.302. The lowest BCUT2D eigenvalue weighted by atomic mass is 9.82. The molecule has 0 aliphatic carbocycles. The Bertz CT molecular complexity index is 970. The molecule has 32 heavy (non-hydrogen) atoms. The molecule has 0 amide bonds. The third kappa shape index (κ3) is 4.70. The normalized spacial score (nSPS) is 18.6. The quantitative estimate of drug-likeness (QED) is 0.706. The van der Waals surface area contributed by atoms with E-state index in [2.05, 4.69) is 11.4 Å². The van der Waals surface area contributed by atoms with Crippen LogP contribution in [0.25, 0.3) is 0 Å². The van der Waals surface area contributed by atoms with Crippen LogP contribution in [0.4, 0.5) is 14.5 Å². The van der Waals surface area contributed by atoms with E-state index in [4.69, 9.17) is 19.5 Å². The topological polar surface area (TPSA) is 66.8 Å². The van der Waals surface area contributed by atoms with Crippen LogP contribution in [0.3, 0.4) is 0 Å². The monoisotopic (exact) mass is 443 g/mol. The van der Waals surface area contributed by atoms with Gasteiger partial charge in [-0.1, -0.05) is 0 Å². The smallest absolute Gasteiger partial charge is 0.167 e. The molecular formula is C24H27F2N3O3. The molecule has 1 spiro atoms. The SMILES string of the molecule is COc1cc(F)c(CN(CCC2(C)OCC3(CNC3)CO2)c2ccc(C#N)cc2)c(F)c1. The predicted molar refractivity (Wildman–Crippen MR) is 115 cm³/mol. The van der Waals surface area contributed by atoms with E-state index < -0.39 is 17.4 Å². The summed E-state index contributed by atoms with van der Waals surface area (Å²) in [5.74, 6) is -1.99. The molecule has 2 aromatic rings. The van der Waals surface area contributed by atoms with E-state index >= 15 is 0 Å². The van der Waals surface area contributed by atoms with Crippen LogP contribution < -0.4 is 15.0 Å². The van der Waals surface area contributed by atoms with Gasteiger partial charge >= 0.3 is 0 Å². The van der Waals surface area contributed by atoms with Gasteiger partial charge in [0.05, 0.1) is 32.0 Å². The highest BCUT2D eigenvalue weighted by molar-refractivity contribution is 5.50. The summed E-state index contributed by atoms with van der Waals surface area (Å²) in [5.41, 5.74) is 1.27. The van der Waals surface area contributed by atoms with Gasteiger partial charge in [-0.3, -0.25) is 0 Å². The van der Waals surface area contributed by atoms with Crippen LogP contribution in [0.2, 0.25) is 0 Å². The lowest BCUT2D eigenvalue weighted by Gasteiger charge is -2.50. The molecule has 8 heteroatoms. The molecule has 0 unspecified atom stereocenters. The van der Waals surface area contributed by atoms with E-state index in [-0.39, 0.29) is 23.3 Å². The van der Waals surface area contributed by atoms with Crippen LogP contribution >= 0.6 is 0 Å². The van der Waals surface area contributed by atoms with Gasteiger partial charge in [0.1, 0.15) is 17.4 Å². The van der Waals surface area contributed by atoms with Crippen molar-refractivity contribution in [1.29, 1.82) is 5.26 Å². The number of hydrogen-bond acceptors (Lipinski definition) is 6. The fourth-order valence-corrected chi connectivity index (χ4v) is 3.95. The van der Waals surface area contributed by atoms with Gasteiger partial charge in [-0.2, -0.15) is 5.26 Å². The van der Waals surface area contributed by atoms with E-state index in [1.807, 2.05) is 11.8 Å². The van der Waals surface area contributed by atoms with Crippen LogP contribution in [-0.2, 0) is 16.0 Å². The summed E-state index contributed by atoms with van der Waals surface area (Å²) in [5, 5.41) is 12.3. The average Bonchev–Trinajstić information content (AvgIpc) is 2.77. The first-order valence-electron chi connectivity index (χ1n) is 10.6. The molecule has 2 heterocycles. The van der Waals surface area contributed by atoms with Crippen molar-refractivity contribution < 1.29 is 23.0 Å². The van der Waals surface area contributed by atoms with Gasteiger partial charge < -0.3 is 24.4 Å². The number of hydrogen-bond donors (Lipinski definition) is 1. The molecule has 0 radical (unpaired) electrons. The second kappa shape index (κ2) is 9.02. The highest BCUT2D eigenvalue weighted by Crippen LogP contribution is 2.35. The zero-order chi connectivity index (χ0) is 22.8. The van der Waals surface area contributed by atoms with Crippen molar-refractivity contribution in [3.8, 4) is 11.8 Å². The summed E-state index contributed by atoms with van der Waals surface area (Å²) < 4.78 is 46.4. The summed E-state index contributed by atoms with van der Waals surface area (Å²) >= 11 is 0. The molecule has 0 bridgehead atoms. The van der Waals surface area contributed by atoms with Crippen LogP contribution in [0.15, 0.2) is 36.4 Å². The van der Waals surface area contributed by atoms with Crippen molar-refractivity contribution >= 4 is 5.69 Å². The molecule has 2 aliphatic rings. The van der Waals surface area contributed by atoms with E-state index in [1.165, 1.54) is 19.2 Å². The first-order chi connectivity index (χ1) is 15.4. The van der Waals surface area contributed by atoms with Gasteiger partial charge in [0, 0.05) is 61.4 Å². The zero-order valence-electron chi connectivity index (χ0n) is 18.3. The number of anilines is 1. The Morgan fingerprint density at radius 2 is 1.75 bits per heavy atom. The molecule has 2 fully saturated rings. The summed E-state index contributed by atoms with van der Waals surface area (Å²) in [6.45, 7) is 5.37. The number of ether oxygens (including phenoxy) is 3. The first kappa shape index (κ1) is 22.5. The fraction of sp³-hybridized carbons (Fsp3) is 0.458. The Kier molecular flexibility index (Phi) is 6.33. The van der Waals surface area contributed by atoms with Crippen molar-refractivity contribution in [2.45, 2.75) is 25.7 Å². The molecule has 2 saturated heterocycles. The molecule has 1 N–H and O–H groups in total. The van der Waals surface area contributed by atoms with Crippen LogP contribution in [-0.4, -0.2) is 45.7 Å². The van der Waals surface area contributed by atoms with Gasteiger partial charge in [0.15, 0.2) is 5.79 Å². The minimum atomic E-state index is -0.775. The van der Waals surface area contributed by atoms with Gasteiger partial charge in [-0.05, 0) is 31.2 Å². The number of methoxy groups -OCH3 is 1. The minimum absolute atomic E-state index is 0.0114. The summed E-state index contributed by atoms with van der Waals surface area (Å²) in [6.07, 6.45) is 0.510. The third-order valence-electron chi connectivity index (χ3n) is 6.26. The van der Waals surface area contributed by atoms with Gasteiger partial charge in [-0.25, -0.2) is 8.78 Å².